The summed E-state index contributed by atoms with van der Waals surface area (Å²) in [6.07, 6.45) is 8.04. The Morgan fingerprint density at radius 3 is 2.75 bits per heavy atom. The van der Waals surface area contributed by atoms with Crippen LogP contribution in [-0.4, -0.2) is 63.1 Å². The molecular formula is C29H28N6O. The average Bonchev–Trinajstić information content (AvgIpc) is 3.62. The quantitative estimate of drug-likeness (QED) is 0.385. The van der Waals surface area contributed by atoms with E-state index in [4.69, 9.17) is 5.26 Å². The number of aromatic nitrogens is 3. The number of nitriles is 1. The highest BCUT2D eigenvalue weighted by atomic mass is 16.2. The van der Waals surface area contributed by atoms with Gasteiger partial charge >= 0.3 is 0 Å². The molecule has 0 aliphatic carbocycles. The minimum absolute atomic E-state index is 0.114. The number of fused-ring (bicyclic) bond motifs is 5. The first kappa shape index (κ1) is 22.3. The summed E-state index contributed by atoms with van der Waals surface area (Å²) in [4.78, 5) is 22.4. The molecule has 2 aliphatic heterocycles. The van der Waals surface area contributed by atoms with Gasteiger partial charge in [0.05, 0.1) is 23.0 Å². The molecule has 1 fully saturated rings. The standard InChI is InChI=1S/C29H28N6O/c1-32(2)19-25-4-3-12-34(25)29(36)22-9-10-26-24(14-22)18-33-17-23(21-7-5-20(16-30)6-8-21)15-27(33)28-31-11-13-35(26)28/h5-11,13-15,17,25H,3-4,12,18-19H2,1-2H3/t25-/m1/s1. The Balaban J connectivity index is 1.37. The van der Waals surface area contributed by atoms with Crippen molar-refractivity contribution in [2.24, 2.45) is 0 Å². The van der Waals surface area contributed by atoms with E-state index in [-0.39, 0.29) is 11.9 Å². The topological polar surface area (TPSA) is 70.1 Å². The second-order valence-electron chi connectivity index (χ2n) is 9.95. The second-order valence-corrected chi connectivity index (χ2v) is 9.95. The van der Waals surface area contributed by atoms with Gasteiger partial charge in [0.2, 0.25) is 0 Å². The zero-order chi connectivity index (χ0) is 24.8. The number of hydrogen-bond acceptors (Lipinski definition) is 4. The van der Waals surface area contributed by atoms with Crippen LogP contribution in [0.3, 0.4) is 0 Å². The van der Waals surface area contributed by atoms with Crippen molar-refractivity contribution in [1.82, 2.24) is 23.9 Å². The molecule has 2 aliphatic rings. The first-order valence-electron chi connectivity index (χ1n) is 12.4. The Morgan fingerprint density at radius 2 is 1.97 bits per heavy atom. The smallest absolute Gasteiger partial charge is 0.254 e. The molecule has 0 radical (unpaired) electrons. The maximum Gasteiger partial charge on any atom is 0.254 e. The number of rotatable bonds is 4. The van der Waals surface area contributed by atoms with E-state index in [1.54, 1.807) is 0 Å². The summed E-state index contributed by atoms with van der Waals surface area (Å²) >= 11 is 0. The molecule has 0 N–H and O–H groups in total. The highest BCUT2D eigenvalue weighted by molar-refractivity contribution is 5.95. The van der Waals surface area contributed by atoms with Crippen molar-refractivity contribution < 1.29 is 4.79 Å². The third-order valence-electron chi connectivity index (χ3n) is 7.25. The van der Waals surface area contributed by atoms with Crippen LogP contribution in [-0.2, 0) is 6.54 Å². The van der Waals surface area contributed by atoms with Crippen molar-refractivity contribution in [3.63, 3.8) is 0 Å². The zero-order valence-electron chi connectivity index (χ0n) is 20.6. The monoisotopic (exact) mass is 476 g/mol. The van der Waals surface area contributed by atoms with Crippen LogP contribution in [0.1, 0.15) is 34.3 Å². The second kappa shape index (κ2) is 8.81. The van der Waals surface area contributed by atoms with Gasteiger partial charge < -0.3 is 14.4 Å². The first-order chi connectivity index (χ1) is 17.5. The summed E-state index contributed by atoms with van der Waals surface area (Å²) in [6.45, 7) is 2.35. The Bertz CT molecular complexity index is 1490. The molecule has 1 atom stereocenters. The lowest BCUT2D eigenvalue weighted by Crippen LogP contribution is -2.41. The van der Waals surface area contributed by atoms with Crippen LogP contribution >= 0.6 is 0 Å². The van der Waals surface area contributed by atoms with Crippen LogP contribution in [0.4, 0.5) is 0 Å². The molecule has 7 heteroatoms. The molecule has 0 unspecified atom stereocenters. The lowest BCUT2D eigenvalue weighted by Gasteiger charge is -2.27. The predicted molar refractivity (Wildman–Crippen MR) is 139 cm³/mol. The Hall–Kier alpha value is -4.15. The summed E-state index contributed by atoms with van der Waals surface area (Å²) in [5.74, 6) is 0.988. The van der Waals surface area contributed by atoms with E-state index in [1.165, 1.54) is 0 Å². The van der Waals surface area contributed by atoms with E-state index >= 15 is 0 Å². The number of benzene rings is 2. The van der Waals surface area contributed by atoms with Crippen molar-refractivity contribution in [2.75, 3.05) is 27.2 Å². The lowest BCUT2D eigenvalue weighted by atomic mass is 10.1. The van der Waals surface area contributed by atoms with E-state index in [9.17, 15) is 4.79 Å². The van der Waals surface area contributed by atoms with Gasteiger partial charge in [-0.05, 0) is 74.5 Å². The summed E-state index contributed by atoms with van der Waals surface area (Å²) in [5, 5.41) is 9.13. The molecular weight excluding hydrogens is 448 g/mol. The largest absolute Gasteiger partial charge is 0.340 e. The van der Waals surface area contributed by atoms with Gasteiger partial charge in [0.1, 0.15) is 0 Å². The highest BCUT2D eigenvalue weighted by Gasteiger charge is 2.30. The number of likely N-dealkylation sites (tertiary alicyclic amines) is 1. The minimum atomic E-state index is 0.114. The zero-order valence-corrected chi connectivity index (χ0v) is 20.6. The van der Waals surface area contributed by atoms with Gasteiger partial charge in [-0.3, -0.25) is 9.36 Å². The Morgan fingerprint density at radius 1 is 1.14 bits per heavy atom. The summed E-state index contributed by atoms with van der Waals surface area (Å²) in [6, 6.07) is 18.3. The van der Waals surface area contributed by atoms with Crippen LogP contribution in [0, 0.1) is 11.3 Å². The van der Waals surface area contributed by atoms with Crippen molar-refractivity contribution in [3.8, 4) is 34.4 Å². The van der Waals surface area contributed by atoms with E-state index in [2.05, 4.69) is 63.6 Å². The minimum Gasteiger partial charge on any atom is -0.340 e. The van der Waals surface area contributed by atoms with Gasteiger partial charge in [-0.25, -0.2) is 4.98 Å². The number of carbonyl (C=O) groups is 1. The van der Waals surface area contributed by atoms with E-state index in [0.29, 0.717) is 12.1 Å². The molecule has 7 nitrogen and oxygen atoms in total. The van der Waals surface area contributed by atoms with Crippen LogP contribution < -0.4 is 0 Å². The fraction of sp³-hybridized carbons (Fsp3) is 0.276. The van der Waals surface area contributed by atoms with Crippen LogP contribution in [0.15, 0.2) is 67.1 Å². The number of carbonyl (C=O) groups excluding carboxylic acids is 1. The Kier molecular flexibility index (Phi) is 5.46. The van der Waals surface area contributed by atoms with E-state index < -0.39 is 0 Å². The molecule has 0 saturated carbocycles. The molecule has 2 aromatic heterocycles. The van der Waals surface area contributed by atoms with Gasteiger partial charge in [0.15, 0.2) is 5.82 Å². The molecule has 1 amide bonds. The van der Waals surface area contributed by atoms with E-state index in [0.717, 1.165) is 65.4 Å². The fourth-order valence-electron chi connectivity index (χ4n) is 5.56. The van der Waals surface area contributed by atoms with Crippen molar-refractivity contribution in [1.29, 1.82) is 5.26 Å². The molecule has 4 heterocycles. The predicted octanol–water partition coefficient (Wildman–Crippen LogP) is 4.41. The fourth-order valence-corrected chi connectivity index (χ4v) is 5.56. The number of imidazole rings is 1. The molecule has 0 bridgehead atoms. The third-order valence-corrected chi connectivity index (χ3v) is 7.25. The van der Waals surface area contributed by atoms with Gasteiger partial charge in [-0.15, -0.1) is 0 Å². The van der Waals surface area contributed by atoms with Crippen molar-refractivity contribution in [2.45, 2.75) is 25.4 Å². The van der Waals surface area contributed by atoms with Gasteiger partial charge in [0.25, 0.3) is 5.91 Å². The number of hydrogen-bond donors (Lipinski definition) is 0. The highest BCUT2D eigenvalue weighted by Crippen LogP contribution is 2.34. The first-order valence-corrected chi connectivity index (χ1v) is 12.4. The van der Waals surface area contributed by atoms with Gasteiger partial charge in [-0.2, -0.15) is 5.26 Å². The lowest BCUT2D eigenvalue weighted by molar-refractivity contribution is 0.0716. The Labute approximate surface area is 210 Å². The maximum absolute atomic E-state index is 13.6. The normalized spacial score (nSPS) is 16.3. The SMILES string of the molecule is CN(C)C[C@H]1CCCN1C(=O)c1ccc2c(c1)Cn1cc(-c3ccc(C#N)cc3)cc1-c1nccn1-2. The maximum atomic E-state index is 13.6. The summed E-state index contributed by atoms with van der Waals surface area (Å²) < 4.78 is 4.31. The van der Waals surface area contributed by atoms with Gasteiger partial charge in [-0.1, -0.05) is 12.1 Å². The van der Waals surface area contributed by atoms with Crippen LogP contribution in [0.2, 0.25) is 0 Å². The number of likely N-dealkylation sites (N-methyl/N-ethyl adjacent to an activating group) is 1. The molecule has 36 heavy (non-hydrogen) atoms. The van der Waals surface area contributed by atoms with Crippen LogP contribution in [0.25, 0.3) is 28.3 Å². The number of amides is 1. The van der Waals surface area contributed by atoms with Crippen LogP contribution in [0.5, 0.6) is 0 Å². The summed E-state index contributed by atoms with van der Waals surface area (Å²) in [5.41, 5.74) is 6.67. The molecule has 0 spiro atoms. The molecule has 6 rings (SSSR count). The molecule has 1 saturated heterocycles. The average molecular weight is 477 g/mol. The summed E-state index contributed by atoms with van der Waals surface area (Å²) in [7, 11) is 4.12. The molecule has 180 valence electrons. The van der Waals surface area contributed by atoms with Crippen molar-refractivity contribution in [3.05, 3.63) is 83.8 Å². The molecule has 4 aromatic rings. The van der Waals surface area contributed by atoms with Crippen molar-refractivity contribution >= 4 is 5.91 Å². The molecule has 2 aromatic carbocycles. The number of nitrogens with zero attached hydrogens (tertiary/aromatic N) is 6. The third kappa shape index (κ3) is 3.80. The van der Waals surface area contributed by atoms with E-state index in [1.807, 2.05) is 47.6 Å². The van der Waals surface area contributed by atoms with Gasteiger partial charge in [0, 0.05) is 55.4 Å².